The number of hydrogen-bond donors (Lipinski definition) is 2. The molecule has 3 heteroatoms. The Morgan fingerprint density at radius 2 is 2.06 bits per heavy atom. The molecule has 0 spiro atoms. The van der Waals surface area contributed by atoms with Crippen LogP contribution in [0.1, 0.15) is 44.2 Å². The molecule has 1 rings (SSSR count). The van der Waals surface area contributed by atoms with Crippen LogP contribution in [0.15, 0.2) is 18.2 Å². The first-order valence-corrected chi connectivity index (χ1v) is 6.00. The van der Waals surface area contributed by atoms with E-state index in [0.29, 0.717) is 12.3 Å². The van der Waals surface area contributed by atoms with Crippen LogP contribution in [0.5, 0.6) is 5.75 Å². The summed E-state index contributed by atoms with van der Waals surface area (Å²) >= 11 is 0. The lowest BCUT2D eigenvalue weighted by atomic mass is 9.87. The molecule has 17 heavy (non-hydrogen) atoms. The summed E-state index contributed by atoms with van der Waals surface area (Å²) in [5.41, 5.74) is 7.82. The molecule has 0 aliphatic carbocycles. The number of nitrogens with two attached hydrogens (primary N) is 1. The quantitative estimate of drug-likeness (QED) is 0.826. The number of rotatable bonds is 5. The first kappa shape index (κ1) is 14.0. The van der Waals surface area contributed by atoms with E-state index in [1.807, 2.05) is 19.1 Å². The molecular formula is C14H23NO2. The summed E-state index contributed by atoms with van der Waals surface area (Å²) < 4.78 is 5.41. The third-order valence-electron chi connectivity index (χ3n) is 3.14. The van der Waals surface area contributed by atoms with E-state index >= 15 is 0 Å². The molecule has 3 nitrogen and oxygen atoms in total. The summed E-state index contributed by atoms with van der Waals surface area (Å²) in [6, 6.07) is 6.11. The molecular weight excluding hydrogens is 214 g/mol. The molecule has 0 heterocycles. The number of methoxy groups -OCH3 is 1. The standard InChI is InChI=1S/C14H23NO2/c1-10(2)11-5-6-12(13(9-11)17-4)14(3,15)7-8-16/h5-6,9-10,16H,7-8,15H2,1-4H3. The smallest absolute Gasteiger partial charge is 0.124 e. The fraction of sp³-hybridized carbons (Fsp3) is 0.571. The second-order valence-corrected chi connectivity index (χ2v) is 5.01. The molecule has 0 aliphatic rings. The molecule has 96 valence electrons. The van der Waals surface area contributed by atoms with E-state index in [1.54, 1.807) is 7.11 Å². The second kappa shape index (κ2) is 5.52. The normalized spacial score (nSPS) is 14.8. The molecule has 1 unspecified atom stereocenters. The van der Waals surface area contributed by atoms with Gasteiger partial charge in [0, 0.05) is 17.7 Å². The van der Waals surface area contributed by atoms with Crippen LogP contribution in [0.3, 0.4) is 0 Å². The first-order valence-electron chi connectivity index (χ1n) is 6.00. The van der Waals surface area contributed by atoms with Crippen molar-refractivity contribution in [3.63, 3.8) is 0 Å². The molecule has 1 atom stereocenters. The molecule has 0 aromatic heterocycles. The van der Waals surface area contributed by atoms with Gasteiger partial charge in [0.25, 0.3) is 0 Å². The maximum atomic E-state index is 9.05. The average molecular weight is 237 g/mol. The third kappa shape index (κ3) is 3.20. The van der Waals surface area contributed by atoms with E-state index in [1.165, 1.54) is 5.56 Å². The Balaban J connectivity index is 3.16. The van der Waals surface area contributed by atoms with E-state index < -0.39 is 5.54 Å². The summed E-state index contributed by atoms with van der Waals surface area (Å²) in [7, 11) is 1.65. The molecule has 0 saturated heterocycles. The van der Waals surface area contributed by atoms with Crippen molar-refractivity contribution in [1.82, 2.24) is 0 Å². The predicted octanol–water partition coefficient (Wildman–Crippen LogP) is 2.37. The number of aliphatic hydroxyl groups excluding tert-OH is 1. The summed E-state index contributed by atoms with van der Waals surface area (Å²) in [6.07, 6.45) is 0.518. The van der Waals surface area contributed by atoms with Gasteiger partial charge in [0.1, 0.15) is 5.75 Å². The highest BCUT2D eigenvalue weighted by Crippen LogP contribution is 2.32. The fourth-order valence-corrected chi connectivity index (χ4v) is 1.91. The minimum Gasteiger partial charge on any atom is -0.496 e. The minimum atomic E-state index is -0.560. The van der Waals surface area contributed by atoms with Crippen molar-refractivity contribution in [2.24, 2.45) is 5.73 Å². The Hall–Kier alpha value is -1.06. The molecule has 0 aliphatic heterocycles. The third-order valence-corrected chi connectivity index (χ3v) is 3.14. The van der Waals surface area contributed by atoms with Gasteiger partial charge in [0.2, 0.25) is 0 Å². The summed E-state index contributed by atoms with van der Waals surface area (Å²) in [6.45, 7) is 6.27. The van der Waals surface area contributed by atoms with Gasteiger partial charge < -0.3 is 15.6 Å². The SMILES string of the molecule is COc1cc(C(C)C)ccc1C(C)(N)CCO. The number of ether oxygens (including phenoxy) is 1. The Morgan fingerprint density at radius 1 is 1.41 bits per heavy atom. The maximum absolute atomic E-state index is 9.05. The molecule has 3 N–H and O–H groups in total. The lowest BCUT2D eigenvalue weighted by Crippen LogP contribution is -2.34. The largest absolute Gasteiger partial charge is 0.496 e. The van der Waals surface area contributed by atoms with Gasteiger partial charge in [-0.15, -0.1) is 0 Å². The molecule has 0 bridgehead atoms. The predicted molar refractivity (Wildman–Crippen MR) is 70.3 cm³/mol. The van der Waals surface area contributed by atoms with E-state index in [0.717, 1.165) is 11.3 Å². The molecule has 0 amide bonds. The van der Waals surface area contributed by atoms with E-state index in [-0.39, 0.29) is 6.61 Å². The van der Waals surface area contributed by atoms with Crippen molar-refractivity contribution < 1.29 is 9.84 Å². The van der Waals surface area contributed by atoms with Crippen LogP contribution >= 0.6 is 0 Å². The van der Waals surface area contributed by atoms with Crippen molar-refractivity contribution in [3.05, 3.63) is 29.3 Å². The van der Waals surface area contributed by atoms with Crippen molar-refractivity contribution in [2.75, 3.05) is 13.7 Å². The van der Waals surface area contributed by atoms with E-state index in [2.05, 4.69) is 19.9 Å². The minimum absolute atomic E-state index is 0.0715. The Bertz CT molecular complexity index is 372. The van der Waals surface area contributed by atoms with Crippen LogP contribution < -0.4 is 10.5 Å². The van der Waals surface area contributed by atoms with Crippen LogP contribution in [0.2, 0.25) is 0 Å². The summed E-state index contributed by atoms with van der Waals surface area (Å²) in [5.74, 6) is 1.26. The highest BCUT2D eigenvalue weighted by Gasteiger charge is 2.24. The van der Waals surface area contributed by atoms with Gasteiger partial charge >= 0.3 is 0 Å². The molecule has 0 fully saturated rings. The molecule has 1 aromatic carbocycles. The van der Waals surface area contributed by atoms with Gasteiger partial charge in [-0.05, 0) is 30.9 Å². The van der Waals surface area contributed by atoms with Gasteiger partial charge in [-0.1, -0.05) is 26.0 Å². The monoisotopic (exact) mass is 237 g/mol. The molecule has 0 saturated carbocycles. The lowest BCUT2D eigenvalue weighted by molar-refractivity contribution is 0.244. The van der Waals surface area contributed by atoms with Crippen molar-refractivity contribution in [2.45, 2.75) is 38.6 Å². The first-order chi connectivity index (χ1) is 7.92. The zero-order chi connectivity index (χ0) is 13.1. The number of hydrogen-bond acceptors (Lipinski definition) is 3. The van der Waals surface area contributed by atoms with Crippen LogP contribution in [0, 0.1) is 0 Å². The maximum Gasteiger partial charge on any atom is 0.124 e. The fourth-order valence-electron chi connectivity index (χ4n) is 1.91. The highest BCUT2D eigenvalue weighted by atomic mass is 16.5. The average Bonchev–Trinajstić information content (AvgIpc) is 2.28. The molecule has 0 radical (unpaired) electrons. The van der Waals surface area contributed by atoms with Crippen LogP contribution in [0.25, 0.3) is 0 Å². The highest BCUT2D eigenvalue weighted by molar-refractivity contribution is 5.42. The van der Waals surface area contributed by atoms with Gasteiger partial charge in [-0.2, -0.15) is 0 Å². The Morgan fingerprint density at radius 3 is 2.53 bits per heavy atom. The van der Waals surface area contributed by atoms with E-state index in [4.69, 9.17) is 15.6 Å². The lowest BCUT2D eigenvalue weighted by Gasteiger charge is -2.27. The number of benzene rings is 1. The zero-order valence-corrected chi connectivity index (χ0v) is 11.2. The zero-order valence-electron chi connectivity index (χ0n) is 11.2. The second-order valence-electron chi connectivity index (χ2n) is 5.01. The van der Waals surface area contributed by atoms with Gasteiger partial charge in [0.05, 0.1) is 7.11 Å². The van der Waals surface area contributed by atoms with E-state index in [9.17, 15) is 0 Å². The Labute approximate surface area is 104 Å². The summed E-state index contributed by atoms with van der Waals surface area (Å²) in [4.78, 5) is 0. The van der Waals surface area contributed by atoms with Crippen molar-refractivity contribution in [1.29, 1.82) is 0 Å². The van der Waals surface area contributed by atoms with Crippen molar-refractivity contribution >= 4 is 0 Å². The van der Waals surface area contributed by atoms with Gasteiger partial charge in [-0.25, -0.2) is 0 Å². The summed E-state index contributed by atoms with van der Waals surface area (Å²) in [5, 5.41) is 9.05. The topological polar surface area (TPSA) is 55.5 Å². The molecule has 1 aromatic rings. The van der Waals surface area contributed by atoms with Crippen LogP contribution in [-0.4, -0.2) is 18.8 Å². The Kier molecular flexibility index (Phi) is 4.54. The van der Waals surface area contributed by atoms with Gasteiger partial charge in [0.15, 0.2) is 0 Å². The number of aliphatic hydroxyl groups is 1. The van der Waals surface area contributed by atoms with Crippen LogP contribution in [-0.2, 0) is 5.54 Å². The van der Waals surface area contributed by atoms with Crippen LogP contribution in [0.4, 0.5) is 0 Å². The van der Waals surface area contributed by atoms with Crippen molar-refractivity contribution in [3.8, 4) is 5.75 Å². The van der Waals surface area contributed by atoms with Gasteiger partial charge in [-0.3, -0.25) is 0 Å².